The second kappa shape index (κ2) is 11.7. The highest BCUT2D eigenvalue weighted by Gasteiger charge is 2.37. The van der Waals surface area contributed by atoms with Gasteiger partial charge in [0, 0.05) is 31.3 Å². The summed E-state index contributed by atoms with van der Waals surface area (Å²) in [6, 6.07) is 10.2. The largest absolute Gasteiger partial charge is 0.448 e. The fourth-order valence-corrected chi connectivity index (χ4v) is 4.73. The zero-order valence-electron chi connectivity index (χ0n) is 19.9. The molecule has 35 heavy (non-hydrogen) atoms. The Labute approximate surface area is 205 Å². The maximum Gasteiger partial charge on any atom is 0.430 e. The van der Waals surface area contributed by atoms with Crippen molar-refractivity contribution in [2.45, 2.75) is 31.8 Å². The monoisotopic (exact) mass is 496 g/mol. The molecule has 10 heteroatoms. The predicted octanol–water partition coefficient (Wildman–Crippen LogP) is 4.40. The van der Waals surface area contributed by atoms with E-state index in [-0.39, 0.29) is 41.2 Å². The van der Waals surface area contributed by atoms with E-state index in [1.165, 1.54) is 37.8 Å². The van der Waals surface area contributed by atoms with Gasteiger partial charge in [-0.3, -0.25) is 9.97 Å². The van der Waals surface area contributed by atoms with Crippen molar-refractivity contribution in [3.63, 3.8) is 0 Å². The summed E-state index contributed by atoms with van der Waals surface area (Å²) in [5.74, 6) is -0.203. The number of benzene rings is 1. The van der Waals surface area contributed by atoms with Crippen LogP contribution in [0.25, 0.3) is 11.3 Å². The summed E-state index contributed by atoms with van der Waals surface area (Å²) in [5, 5.41) is 0. The van der Waals surface area contributed by atoms with E-state index in [0.29, 0.717) is 16.3 Å². The molecule has 0 fully saturated rings. The number of amides is 1. The van der Waals surface area contributed by atoms with E-state index in [9.17, 15) is 13.2 Å². The lowest BCUT2D eigenvalue weighted by atomic mass is 10.1. The van der Waals surface area contributed by atoms with E-state index < -0.39 is 16.1 Å². The molecular weight excluding hydrogens is 468 g/mol. The Hall–Kier alpha value is -3.63. The van der Waals surface area contributed by atoms with Crippen molar-refractivity contribution in [3.05, 3.63) is 78.9 Å². The van der Waals surface area contributed by atoms with Gasteiger partial charge in [-0.05, 0) is 30.0 Å². The Kier molecular flexibility index (Phi) is 8.67. The fraction of sp³-hybridized carbons (Fsp3) is 0.280. The van der Waals surface area contributed by atoms with Crippen molar-refractivity contribution >= 4 is 21.9 Å². The number of anilines is 1. The molecule has 9 nitrogen and oxygen atoms in total. The molecule has 0 aliphatic heterocycles. The lowest BCUT2D eigenvalue weighted by molar-refractivity contribution is 0.143. The number of pyridine rings is 1. The molecule has 0 saturated heterocycles. The van der Waals surface area contributed by atoms with Gasteiger partial charge in [-0.25, -0.2) is 18.2 Å². The Morgan fingerprint density at radius 2 is 1.80 bits per heavy atom. The van der Waals surface area contributed by atoms with Crippen molar-refractivity contribution < 1.29 is 22.7 Å². The van der Waals surface area contributed by atoms with E-state index in [1.54, 1.807) is 18.2 Å². The standard InChI is InChI=1S/C25H28N4O5S/c1-5-7-19-9-11-20(12-10-19)23-22(8-6-13-27-23)35(31,32)29(25(30)34-16-18(2)3)24-21(17-33-4)26-14-15-28-24/h5-6,8-15,18H,1,7,16-17H2,2-4H3. The summed E-state index contributed by atoms with van der Waals surface area (Å²) >= 11 is 0. The highest BCUT2D eigenvalue weighted by atomic mass is 32.2. The van der Waals surface area contributed by atoms with Gasteiger partial charge in [0.05, 0.1) is 18.9 Å². The van der Waals surface area contributed by atoms with Crippen LogP contribution in [0.15, 0.2) is 72.5 Å². The summed E-state index contributed by atoms with van der Waals surface area (Å²) in [6.07, 6.45) is 5.56. The summed E-state index contributed by atoms with van der Waals surface area (Å²) in [6.45, 7) is 7.39. The number of carbonyl (C=O) groups is 1. The molecule has 0 saturated carbocycles. The summed E-state index contributed by atoms with van der Waals surface area (Å²) in [5.41, 5.74) is 1.95. The fourth-order valence-electron chi connectivity index (χ4n) is 3.24. The van der Waals surface area contributed by atoms with E-state index in [4.69, 9.17) is 9.47 Å². The molecule has 3 rings (SSSR count). The third-order valence-electron chi connectivity index (χ3n) is 4.83. The van der Waals surface area contributed by atoms with Crippen molar-refractivity contribution in [1.82, 2.24) is 15.0 Å². The first-order valence-corrected chi connectivity index (χ1v) is 12.4. The van der Waals surface area contributed by atoms with Crippen molar-refractivity contribution in [2.75, 3.05) is 18.0 Å². The van der Waals surface area contributed by atoms with E-state index in [2.05, 4.69) is 21.5 Å². The molecule has 0 bridgehead atoms. The van der Waals surface area contributed by atoms with Gasteiger partial charge in [-0.1, -0.05) is 44.2 Å². The van der Waals surface area contributed by atoms with Crippen molar-refractivity contribution in [2.24, 2.45) is 5.92 Å². The lowest BCUT2D eigenvalue weighted by Gasteiger charge is -2.23. The second-order valence-corrected chi connectivity index (χ2v) is 9.79. The minimum absolute atomic E-state index is 0.00756. The van der Waals surface area contributed by atoms with Gasteiger partial charge in [0.25, 0.3) is 10.0 Å². The molecule has 2 heterocycles. The number of allylic oxidation sites excluding steroid dienone is 1. The molecule has 0 atom stereocenters. The number of methoxy groups -OCH3 is 1. The summed E-state index contributed by atoms with van der Waals surface area (Å²) < 4.78 is 39.0. The van der Waals surface area contributed by atoms with Gasteiger partial charge in [-0.15, -0.1) is 10.9 Å². The lowest BCUT2D eigenvalue weighted by Crippen LogP contribution is -2.39. The molecule has 0 aliphatic carbocycles. The van der Waals surface area contributed by atoms with Gasteiger partial charge in [0.1, 0.15) is 10.6 Å². The van der Waals surface area contributed by atoms with Gasteiger partial charge in [-0.2, -0.15) is 0 Å². The molecule has 1 aromatic carbocycles. The molecule has 0 unspecified atom stereocenters. The Morgan fingerprint density at radius 3 is 2.46 bits per heavy atom. The molecule has 184 valence electrons. The van der Waals surface area contributed by atoms with Crippen LogP contribution in [0.2, 0.25) is 0 Å². The maximum atomic E-state index is 14.0. The van der Waals surface area contributed by atoms with Crippen LogP contribution in [0.5, 0.6) is 0 Å². The van der Waals surface area contributed by atoms with Crippen molar-refractivity contribution in [3.8, 4) is 11.3 Å². The predicted molar refractivity (Wildman–Crippen MR) is 132 cm³/mol. The topological polar surface area (TPSA) is 112 Å². The number of aromatic nitrogens is 3. The molecule has 1 amide bonds. The normalized spacial score (nSPS) is 11.3. The number of ether oxygens (including phenoxy) is 2. The number of hydrogen-bond donors (Lipinski definition) is 0. The van der Waals surface area contributed by atoms with Gasteiger partial charge in [0.15, 0.2) is 5.82 Å². The first-order valence-electron chi connectivity index (χ1n) is 11.0. The van der Waals surface area contributed by atoms with Gasteiger partial charge in [0.2, 0.25) is 0 Å². The average molecular weight is 497 g/mol. The summed E-state index contributed by atoms with van der Waals surface area (Å²) in [7, 11) is -3.08. The van der Waals surface area contributed by atoms with Crippen LogP contribution in [0, 0.1) is 5.92 Å². The van der Waals surface area contributed by atoms with Crippen LogP contribution >= 0.6 is 0 Å². The van der Waals surface area contributed by atoms with E-state index in [0.717, 1.165) is 5.56 Å². The molecule has 0 spiro atoms. The minimum atomic E-state index is -4.52. The molecule has 0 aliphatic rings. The zero-order chi connectivity index (χ0) is 25.4. The van der Waals surface area contributed by atoms with Crippen LogP contribution < -0.4 is 4.31 Å². The molecule has 3 aromatic rings. The Balaban J connectivity index is 2.16. The molecular formula is C25H28N4O5S. The molecule has 2 aromatic heterocycles. The first-order chi connectivity index (χ1) is 16.8. The third-order valence-corrected chi connectivity index (χ3v) is 6.52. The first kappa shape index (κ1) is 26.0. The Morgan fingerprint density at radius 1 is 1.09 bits per heavy atom. The van der Waals surface area contributed by atoms with Gasteiger partial charge < -0.3 is 9.47 Å². The average Bonchev–Trinajstić information content (AvgIpc) is 2.85. The SMILES string of the molecule is C=CCc1ccc(-c2ncccc2S(=O)(=O)N(C(=O)OCC(C)C)c2nccnc2COC)cc1. The summed E-state index contributed by atoms with van der Waals surface area (Å²) in [4.78, 5) is 25.6. The highest BCUT2D eigenvalue weighted by Crippen LogP contribution is 2.31. The van der Waals surface area contributed by atoms with Crippen molar-refractivity contribution in [1.29, 1.82) is 0 Å². The van der Waals surface area contributed by atoms with Crippen LogP contribution in [0.3, 0.4) is 0 Å². The Bertz CT molecular complexity index is 1280. The van der Waals surface area contributed by atoms with E-state index >= 15 is 0 Å². The quantitative estimate of drug-likeness (QED) is 0.380. The molecule has 0 radical (unpaired) electrons. The number of sulfonamides is 1. The smallest absolute Gasteiger partial charge is 0.430 e. The minimum Gasteiger partial charge on any atom is -0.448 e. The van der Waals surface area contributed by atoms with E-state index in [1.807, 2.05) is 26.0 Å². The maximum absolute atomic E-state index is 14.0. The number of nitrogens with zero attached hydrogens (tertiary/aromatic N) is 4. The van der Waals surface area contributed by atoms with Crippen LogP contribution in [-0.2, 0) is 32.5 Å². The molecule has 0 N–H and O–H groups in total. The number of carbonyl (C=O) groups excluding carboxylic acids is 1. The third kappa shape index (κ3) is 6.09. The number of hydrogen-bond acceptors (Lipinski definition) is 8. The highest BCUT2D eigenvalue weighted by molar-refractivity contribution is 7.93. The van der Waals surface area contributed by atoms with Crippen LogP contribution in [0.1, 0.15) is 25.1 Å². The van der Waals surface area contributed by atoms with Crippen LogP contribution in [0.4, 0.5) is 10.6 Å². The number of rotatable bonds is 10. The van der Waals surface area contributed by atoms with Crippen LogP contribution in [-0.4, -0.2) is 43.2 Å². The zero-order valence-corrected chi connectivity index (χ0v) is 20.7. The second-order valence-electron chi connectivity index (χ2n) is 8.04. The van der Waals surface area contributed by atoms with Gasteiger partial charge >= 0.3 is 6.09 Å².